The van der Waals surface area contributed by atoms with Gasteiger partial charge in [0, 0.05) is 10.4 Å². The Morgan fingerprint density at radius 3 is 2.67 bits per heavy atom. The van der Waals surface area contributed by atoms with Gasteiger partial charge in [-0.05, 0) is 37.0 Å². The zero-order valence-corrected chi connectivity index (χ0v) is 10.8. The zero-order valence-electron chi connectivity index (χ0n) is 8.46. The number of hydrogen-bond acceptors (Lipinski definition) is 1. The summed E-state index contributed by atoms with van der Waals surface area (Å²) in [5, 5.41) is 1.71. The highest BCUT2D eigenvalue weighted by Gasteiger charge is 2.22. The zero-order chi connectivity index (χ0) is 10.7. The van der Waals surface area contributed by atoms with E-state index in [1.165, 1.54) is 12.0 Å². The summed E-state index contributed by atoms with van der Waals surface area (Å²) in [6.45, 7) is 0. The predicted molar refractivity (Wildman–Crippen MR) is 66.7 cm³/mol. The SMILES string of the molecule is Clc1ccc(C2CCCC(CBr)O2)cc1. The number of benzene rings is 1. The van der Waals surface area contributed by atoms with Crippen molar-refractivity contribution in [3.05, 3.63) is 34.9 Å². The molecule has 0 amide bonds. The molecular formula is C12H14BrClO. The molecule has 0 N–H and O–H groups in total. The highest BCUT2D eigenvalue weighted by atomic mass is 79.9. The van der Waals surface area contributed by atoms with E-state index < -0.39 is 0 Å². The van der Waals surface area contributed by atoms with E-state index in [0.717, 1.165) is 23.2 Å². The number of hydrogen-bond donors (Lipinski definition) is 0. The molecule has 0 bridgehead atoms. The summed E-state index contributed by atoms with van der Waals surface area (Å²) in [7, 11) is 0. The molecule has 82 valence electrons. The predicted octanol–water partition coefficient (Wildman–Crippen LogP) is 4.35. The number of rotatable bonds is 2. The molecule has 0 saturated carbocycles. The van der Waals surface area contributed by atoms with Crippen molar-refractivity contribution in [2.24, 2.45) is 0 Å². The molecule has 1 nitrogen and oxygen atoms in total. The van der Waals surface area contributed by atoms with Crippen molar-refractivity contribution in [1.82, 2.24) is 0 Å². The molecule has 2 rings (SSSR count). The molecule has 1 fully saturated rings. The second-order valence-corrected chi connectivity index (χ2v) is 4.97. The topological polar surface area (TPSA) is 9.23 Å². The molecule has 1 heterocycles. The summed E-state index contributed by atoms with van der Waals surface area (Å²) in [5.74, 6) is 0. The Labute approximate surface area is 104 Å². The fraction of sp³-hybridized carbons (Fsp3) is 0.500. The minimum Gasteiger partial charge on any atom is -0.369 e. The van der Waals surface area contributed by atoms with Gasteiger partial charge in [-0.1, -0.05) is 39.7 Å². The monoisotopic (exact) mass is 288 g/mol. The number of alkyl halides is 1. The van der Waals surface area contributed by atoms with Gasteiger partial charge in [0.05, 0.1) is 12.2 Å². The van der Waals surface area contributed by atoms with Crippen molar-refractivity contribution in [1.29, 1.82) is 0 Å². The number of halogens is 2. The van der Waals surface area contributed by atoms with Crippen LogP contribution in [0.5, 0.6) is 0 Å². The van der Waals surface area contributed by atoms with Crippen LogP contribution in [0.3, 0.4) is 0 Å². The molecule has 1 aromatic rings. The van der Waals surface area contributed by atoms with Crippen LogP contribution in [0.25, 0.3) is 0 Å². The van der Waals surface area contributed by atoms with Gasteiger partial charge < -0.3 is 4.74 Å². The van der Waals surface area contributed by atoms with Gasteiger partial charge in [-0.3, -0.25) is 0 Å². The maximum atomic E-state index is 5.97. The average Bonchev–Trinajstić information content (AvgIpc) is 2.30. The summed E-state index contributed by atoms with van der Waals surface area (Å²) in [6.07, 6.45) is 4.13. The molecule has 0 aromatic heterocycles. The Balaban J connectivity index is 2.06. The van der Waals surface area contributed by atoms with Crippen LogP contribution >= 0.6 is 27.5 Å². The van der Waals surface area contributed by atoms with Gasteiger partial charge in [0.15, 0.2) is 0 Å². The molecule has 2 unspecified atom stereocenters. The van der Waals surface area contributed by atoms with Crippen LogP contribution in [0.4, 0.5) is 0 Å². The summed E-state index contributed by atoms with van der Waals surface area (Å²) >= 11 is 9.33. The average molecular weight is 290 g/mol. The van der Waals surface area contributed by atoms with E-state index in [9.17, 15) is 0 Å². The Kier molecular flexibility index (Phi) is 4.06. The fourth-order valence-electron chi connectivity index (χ4n) is 1.94. The van der Waals surface area contributed by atoms with Gasteiger partial charge in [0.2, 0.25) is 0 Å². The van der Waals surface area contributed by atoms with Gasteiger partial charge in [-0.2, -0.15) is 0 Å². The lowest BCUT2D eigenvalue weighted by molar-refractivity contribution is -0.0383. The van der Waals surface area contributed by atoms with Crippen LogP contribution in [0.2, 0.25) is 5.02 Å². The van der Waals surface area contributed by atoms with Gasteiger partial charge in [0.25, 0.3) is 0 Å². The molecule has 15 heavy (non-hydrogen) atoms. The molecule has 1 saturated heterocycles. The van der Waals surface area contributed by atoms with Crippen LogP contribution in [0, 0.1) is 0 Å². The molecule has 2 atom stereocenters. The van der Waals surface area contributed by atoms with E-state index in [0.29, 0.717) is 6.10 Å². The van der Waals surface area contributed by atoms with Crippen LogP contribution < -0.4 is 0 Å². The molecule has 1 aliphatic heterocycles. The molecule has 1 aromatic carbocycles. The van der Waals surface area contributed by atoms with Crippen LogP contribution in [-0.4, -0.2) is 11.4 Å². The lowest BCUT2D eigenvalue weighted by Crippen LogP contribution is -2.23. The second kappa shape index (κ2) is 5.33. The summed E-state index contributed by atoms with van der Waals surface area (Å²) in [6, 6.07) is 7.98. The third kappa shape index (κ3) is 2.96. The lowest BCUT2D eigenvalue weighted by atomic mass is 9.99. The van der Waals surface area contributed by atoms with Gasteiger partial charge >= 0.3 is 0 Å². The quantitative estimate of drug-likeness (QED) is 0.736. The van der Waals surface area contributed by atoms with Crippen molar-refractivity contribution in [2.45, 2.75) is 31.5 Å². The van der Waals surface area contributed by atoms with Gasteiger partial charge in [0.1, 0.15) is 0 Å². The summed E-state index contributed by atoms with van der Waals surface area (Å²) < 4.78 is 5.97. The van der Waals surface area contributed by atoms with Crippen molar-refractivity contribution >= 4 is 27.5 Å². The number of ether oxygens (including phenoxy) is 1. The Morgan fingerprint density at radius 1 is 1.27 bits per heavy atom. The van der Waals surface area contributed by atoms with Crippen molar-refractivity contribution in [3.63, 3.8) is 0 Å². The van der Waals surface area contributed by atoms with E-state index in [1.54, 1.807) is 0 Å². The normalized spacial score (nSPS) is 26.5. The lowest BCUT2D eigenvalue weighted by Gasteiger charge is -2.29. The highest BCUT2D eigenvalue weighted by Crippen LogP contribution is 2.32. The smallest absolute Gasteiger partial charge is 0.0829 e. The molecule has 0 aliphatic carbocycles. The van der Waals surface area contributed by atoms with Crippen LogP contribution in [0.15, 0.2) is 24.3 Å². The minimum absolute atomic E-state index is 0.249. The third-order valence-electron chi connectivity index (χ3n) is 2.76. The largest absolute Gasteiger partial charge is 0.369 e. The minimum atomic E-state index is 0.249. The van der Waals surface area contributed by atoms with E-state index >= 15 is 0 Å². The fourth-order valence-corrected chi connectivity index (χ4v) is 2.54. The van der Waals surface area contributed by atoms with E-state index in [1.807, 2.05) is 12.1 Å². The first-order valence-electron chi connectivity index (χ1n) is 5.26. The third-order valence-corrected chi connectivity index (χ3v) is 3.74. The van der Waals surface area contributed by atoms with Gasteiger partial charge in [-0.15, -0.1) is 0 Å². The van der Waals surface area contributed by atoms with Crippen molar-refractivity contribution in [3.8, 4) is 0 Å². The van der Waals surface area contributed by atoms with Crippen molar-refractivity contribution < 1.29 is 4.74 Å². The van der Waals surface area contributed by atoms with Crippen LogP contribution in [-0.2, 0) is 4.74 Å². The first-order chi connectivity index (χ1) is 7.29. The van der Waals surface area contributed by atoms with Crippen LogP contribution in [0.1, 0.15) is 30.9 Å². The van der Waals surface area contributed by atoms with E-state index in [4.69, 9.17) is 16.3 Å². The van der Waals surface area contributed by atoms with E-state index in [2.05, 4.69) is 28.1 Å². The molecule has 3 heteroatoms. The van der Waals surface area contributed by atoms with E-state index in [-0.39, 0.29) is 6.10 Å². The maximum Gasteiger partial charge on any atom is 0.0829 e. The summed E-state index contributed by atoms with van der Waals surface area (Å²) in [4.78, 5) is 0. The van der Waals surface area contributed by atoms with Crippen molar-refractivity contribution in [2.75, 3.05) is 5.33 Å². The maximum absolute atomic E-state index is 5.97. The first kappa shape index (κ1) is 11.4. The molecule has 1 aliphatic rings. The Morgan fingerprint density at radius 2 is 2.00 bits per heavy atom. The highest BCUT2D eigenvalue weighted by molar-refractivity contribution is 9.09. The summed E-state index contributed by atoms with van der Waals surface area (Å²) in [5.41, 5.74) is 1.24. The Hall–Kier alpha value is -0.0500. The molecule has 0 radical (unpaired) electrons. The first-order valence-corrected chi connectivity index (χ1v) is 6.76. The molecular weight excluding hydrogens is 275 g/mol. The van der Waals surface area contributed by atoms with Gasteiger partial charge in [-0.25, -0.2) is 0 Å². The Bertz CT molecular complexity index is 312. The standard InChI is InChI=1S/C12H14BrClO/c13-8-11-2-1-3-12(15-11)9-4-6-10(14)7-5-9/h4-7,11-12H,1-3,8H2. The second-order valence-electron chi connectivity index (χ2n) is 3.88. The molecule has 0 spiro atoms.